The molecule has 4 nitrogen and oxygen atoms in total. The van der Waals surface area contributed by atoms with Crippen LogP contribution in [0.25, 0.3) is 0 Å². The minimum Gasteiger partial charge on any atom is -0.381 e. The molecular weight excluding hydrogens is 202 g/mol. The standard InChI is InChI=1S/C9H19NO3S/c1-14(11,12)6-4-9(7-10)3-2-5-13-8-9/h2-8,10H2,1H3. The Morgan fingerprint density at radius 3 is 2.64 bits per heavy atom. The number of sulfone groups is 1. The largest absolute Gasteiger partial charge is 0.381 e. The van der Waals surface area contributed by atoms with Gasteiger partial charge in [-0.15, -0.1) is 0 Å². The van der Waals surface area contributed by atoms with Crippen LogP contribution in [0, 0.1) is 5.41 Å². The van der Waals surface area contributed by atoms with E-state index in [1.807, 2.05) is 0 Å². The predicted octanol–water partition coefficient (Wildman–Crippen LogP) is 0.177. The number of hydrogen-bond acceptors (Lipinski definition) is 4. The van der Waals surface area contributed by atoms with Gasteiger partial charge in [-0.05, 0) is 19.3 Å². The summed E-state index contributed by atoms with van der Waals surface area (Å²) in [4.78, 5) is 0. The molecule has 1 atom stereocenters. The van der Waals surface area contributed by atoms with Gasteiger partial charge in [0, 0.05) is 24.8 Å². The fourth-order valence-electron chi connectivity index (χ4n) is 1.77. The lowest BCUT2D eigenvalue weighted by atomic mass is 9.80. The average molecular weight is 221 g/mol. The fourth-order valence-corrected chi connectivity index (χ4v) is 2.58. The van der Waals surface area contributed by atoms with Crippen LogP contribution in [0.1, 0.15) is 19.3 Å². The minimum absolute atomic E-state index is 0.0959. The molecule has 0 aromatic heterocycles. The van der Waals surface area contributed by atoms with E-state index in [1.165, 1.54) is 6.26 Å². The Bertz CT molecular complexity index is 268. The molecule has 1 aliphatic heterocycles. The molecule has 0 amide bonds. The zero-order chi connectivity index (χ0) is 10.7. The van der Waals surface area contributed by atoms with Crippen LogP contribution in [0.4, 0.5) is 0 Å². The first-order valence-electron chi connectivity index (χ1n) is 4.93. The van der Waals surface area contributed by atoms with E-state index in [9.17, 15) is 8.42 Å². The molecule has 0 saturated carbocycles. The van der Waals surface area contributed by atoms with Gasteiger partial charge < -0.3 is 10.5 Å². The second-order valence-corrected chi connectivity index (χ2v) is 6.50. The summed E-state index contributed by atoms with van der Waals surface area (Å²) in [5.41, 5.74) is 5.60. The van der Waals surface area contributed by atoms with Gasteiger partial charge >= 0.3 is 0 Å². The normalized spacial score (nSPS) is 29.0. The molecule has 1 heterocycles. The summed E-state index contributed by atoms with van der Waals surface area (Å²) in [7, 11) is -2.88. The maximum Gasteiger partial charge on any atom is 0.147 e. The van der Waals surface area contributed by atoms with E-state index < -0.39 is 9.84 Å². The number of nitrogens with two attached hydrogens (primary N) is 1. The smallest absolute Gasteiger partial charge is 0.147 e. The molecule has 2 N–H and O–H groups in total. The molecule has 0 aliphatic carbocycles. The van der Waals surface area contributed by atoms with Crippen molar-refractivity contribution in [3.05, 3.63) is 0 Å². The molecule has 0 spiro atoms. The van der Waals surface area contributed by atoms with Crippen LogP contribution >= 0.6 is 0 Å². The zero-order valence-electron chi connectivity index (χ0n) is 8.66. The highest BCUT2D eigenvalue weighted by Crippen LogP contribution is 2.31. The van der Waals surface area contributed by atoms with Crippen LogP contribution in [0.3, 0.4) is 0 Å². The average Bonchev–Trinajstić information content (AvgIpc) is 2.15. The molecule has 0 aromatic carbocycles. The molecule has 0 bridgehead atoms. The predicted molar refractivity (Wildman–Crippen MR) is 55.9 cm³/mol. The van der Waals surface area contributed by atoms with Crippen molar-refractivity contribution >= 4 is 9.84 Å². The zero-order valence-corrected chi connectivity index (χ0v) is 9.48. The monoisotopic (exact) mass is 221 g/mol. The first-order valence-corrected chi connectivity index (χ1v) is 6.99. The van der Waals surface area contributed by atoms with Crippen molar-refractivity contribution in [1.29, 1.82) is 0 Å². The van der Waals surface area contributed by atoms with Crippen LogP contribution in [-0.4, -0.2) is 40.2 Å². The van der Waals surface area contributed by atoms with Crippen LogP contribution < -0.4 is 5.73 Å². The first-order chi connectivity index (χ1) is 6.47. The van der Waals surface area contributed by atoms with Crippen molar-refractivity contribution in [2.45, 2.75) is 19.3 Å². The lowest BCUT2D eigenvalue weighted by molar-refractivity contribution is -0.00438. The van der Waals surface area contributed by atoms with Crippen molar-refractivity contribution in [3.8, 4) is 0 Å². The summed E-state index contributed by atoms with van der Waals surface area (Å²) >= 11 is 0. The Hall–Kier alpha value is -0.130. The topological polar surface area (TPSA) is 69.4 Å². The Balaban J connectivity index is 2.52. The molecule has 0 aromatic rings. The lowest BCUT2D eigenvalue weighted by Gasteiger charge is -2.35. The molecule has 1 unspecified atom stereocenters. The van der Waals surface area contributed by atoms with E-state index >= 15 is 0 Å². The quantitative estimate of drug-likeness (QED) is 0.735. The van der Waals surface area contributed by atoms with Crippen molar-refractivity contribution in [3.63, 3.8) is 0 Å². The van der Waals surface area contributed by atoms with Crippen LogP contribution in [0.15, 0.2) is 0 Å². The molecule has 1 saturated heterocycles. The van der Waals surface area contributed by atoms with Gasteiger partial charge in [0.05, 0.1) is 12.4 Å². The molecule has 1 aliphatic rings. The Labute approximate surface area is 85.7 Å². The second-order valence-electron chi connectivity index (χ2n) is 4.24. The van der Waals surface area contributed by atoms with E-state index in [4.69, 9.17) is 10.5 Å². The first kappa shape index (κ1) is 11.9. The Morgan fingerprint density at radius 1 is 1.50 bits per heavy atom. The van der Waals surface area contributed by atoms with Gasteiger partial charge in [-0.1, -0.05) is 0 Å². The molecule has 1 rings (SSSR count). The third-order valence-corrected chi connectivity index (χ3v) is 3.79. The number of ether oxygens (including phenoxy) is 1. The van der Waals surface area contributed by atoms with Crippen molar-refractivity contribution < 1.29 is 13.2 Å². The summed E-state index contributed by atoms with van der Waals surface area (Å²) < 4.78 is 27.5. The number of hydrogen-bond donors (Lipinski definition) is 1. The van der Waals surface area contributed by atoms with Gasteiger partial charge in [0.15, 0.2) is 0 Å². The molecular formula is C9H19NO3S. The Kier molecular flexibility index (Phi) is 3.92. The van der Waals surface area contributed by atoms with Gasteiger partial charge in [-0.3, -0.25) is 0 Å². The highest BCUT2D eigenvalue weighted by atomic mass is 32.2. The van der Waals surface area contributed by atoms with Crippen molar-refractivity contribution in [2.75, 3.05) is 31.8 Å². The number of rotatable bonds is 4. The second kappa shape index (κ2) is 4.59. The molecule has 1 fully saturated rings. The summed E-state index contributed by atoms with van der Waals surface area (Å²) in [5.74, 6) is 0.216. The maximum atomic E-state index is 11.1. The Morgan fingerprint density at radius 2 is 2.21 bits per heavy atom. The summed E-state index contributed by atoms with van der Waals surface area (Å²) in [6.07, 6.45) is 3.86. The fraction of sp³-hybridized carbons (Fsp3) is 1.00. The van der Waals surface area contributed by atoms with Crippen molar-refractivity contribution in [1.82, 2.24) is 0 Å². The van der Waals surface area contributed by atoms with E-state index in [2.05, 4.69) is 0 Å². The third kappa shape index (κ3) is 3.55. The van der Waals surface area contributed by atoms with Gasteiger partial charge in [0.1, 0.15) is 9.84 Å². The van der Waals surface area contributed by atoms with Gasteiger partial charge in [-0.25, -0.2) is 8.42 Å². The highest BCUT2D eigenvalue weighted by molar-refractivity contribution is 7.90. The molecule has 84 valence electrons. The summed E-state index contributed by atoms with van der Waals surface area (Å²) in [6.45, 7) is 1.90. The van der Waals surface area contributed by atoms with Gasteiger partial charge in [0.2, 0.25) is 0 Å². The van der Waals surface area contributed by atoms with E-state index in [0.29, 0.717) is 19.6 Å². The molecule has 5 heteroatoms. The van der Waals surface area contributed by atoms with Crippen molar-refractivity contribution in [2.24, 2.45) is 11.1 Å². The highest BCUT2D eigenvalue weighted by Gasteiger charge is 2.32. The van der Waals surface area contributed by atoms with E-state index in [0.717, 1.165) is 19.4 Å². The molecule has 0 radical (unpaired) electrons. The maximum absolute atomic E-state index is 11.1. The SMILES string of the molecule is CS(=O)(=O)CCC1(CN)CCCOC1. The van der Waals surface area contributed by atoms with Crippen LogP contribution in [0.5, 0.6) is 0 Å². The minimum atomic E-state index is -2.88. The van der Waals surface area contributed by atoms with Crippen LogP contribution in [0.2, 0.25) is 0 Å². The van der Waals surface area contributed by atoms with Gasteiger partial charge in [-0.2, -0.15) is 0 Å². The van der Waals surface area contributed by atoms with Crippen LogP contribution in [-0.2, 0) is 14.6 Å². The molecule has 14 heavy (non-hydrogen) atoms. The summed E-state index contributed by atoms with van der Waals surface area (Å²) in [5, 5.41) is 0. The lowest BCUT2D eigenvalue weighted by Crippen LogP contribution is -2.40. The van der Waals surface area contributed by atoms with Gasteiger partial charge in [0.25, 0.3) is 0 Å². The van der Waals surface area contributed by atoms with E-state index in [1.54, 1.807) is 0 Å². The third-order valence-electron chi connectivity index (χ3n) is 2.84. The summed E-state index contributed by atoms with van der Waals surface area (Å²) in [6, 6.07) is 0. The van der Waals surface area contributed by atoms with E-state index in [-0.39, 0.29) is 11.2 Å².